The van der Waals surface area contributed by atoms with E-state index in [1.165, 1.54) is 0 Å². The van der Waals surface area contributed by atoms with Crippen molar-refractivity contribution in [2.24, 2.45) is 0 Å². The van der Waals surface area contributed by atoms with Crippen molar-refractivity contribution >= 4 is 5.91 Å². The monoisotopic (exact) mass is 262 g/mol. The first-order chi connectivity index (χ1) is 9.31. The number of amides is 1. The minimum atomic E-state index is -0.330. The second kappa shape index (κ2) is 7.26. The lowest BCUT2D eigenvalue weighted by Gasteiger charge is -2.29. The maximum atomic E-state index is 12.5. The molecule has 104 valence electrons. The van der Waals surface area contributed by atoms with Crippen molar-refractivity contribution in [3.05, 3.63) is 35.9 Å². The van der Waals surface area contributed by atoms with Crippen LogP contribution in [0.2, 0.25) is 0 Å². The molecule has 0 saturated carbocycles. The molecule has 4 heteroatoms. The number of nitrogens with one attached hydrogen (secondary N) is 1. The van der Waals surface area contributed by atoms with Crippen LogP contribution in [0.5, 0.6) is 0 Å². The van der Waals surface area contributed by atoms with Crippen molar-refractivity contribution in [1.82, 2.24) is 10.2 Å². The fourth-order valence-electron chi connectivity index (χ4n) is 2.27. The third-order valence-electron chi connectivity index (χ3n) is 3.22. The Morgan fingerprint density at radius 3 is 2.84 bits per heavy atom. The molecule has 1 unspecified atom stereocenters. The van der Waals surface area contributed by atoms with Crippen LogP contribution in [-0.2, 0) is 16.1 Å². The van der Waals surface area contributed by atoms with Gasteiger partial charge in [0.1, 0.15) is 6.10 Å². The molecule has 1 aliphatic rings. The smallest absolute Gasteiger partial charge is 0.253 e. The molecule has 1 amide bonds. The molecule has 0 bridgehead atoms. The Morgan fingerprint density at radius 2 is 2.21 bits per heavy atom. The van der Waals surface area contributed by atoms with Gasteiger partial charge in [-0.05, 0) is 12.0 Å². The Bertz CT molecular complexity index is 388. The highest BCUT2D eigenvalue weighted by Crippen LogP contribution is 2.09. The minimum Gasteiger partial charge on any atom is -0.366 e. The first kappa shape index (κ1) is 14.0. The highest BCUT2D eigenvalue weighted by Gasteiger charge is 2.26. The van der Waals surface area contributed by atoms with Gasteiger partial charge in [0.2, 0.25) is 0 Å². The third kappa shape index (κ3) is 4.04. The number of rotatable bonds is 5. The molecule has 4 nitrogen and oxygen atoms in total. The minimum absolute atomic E-state index is 0.0953. The van der Waals surface area contributed by atoms with Crippen molar-refractivity contribution in [3.63, 3.8) is 0 Å². The topological polar surface area (TPSA) is 41.6 Å². The summed E-state index contributed by atoms with van der Waals surface area (Å²) in [4.78, 5) is 14.3. The van der Waals surface area contributed by atoms with Gasteiger partial charge in [0, 0.05) is 26.2 Å². The van der Waals surface area contributed by atoms with E-state index in [4.69, 9.17) is 4.74 Å². The second-order valence-corrected chi connectivity index (χ2v) is 4.81. The van der Waals surface area contributed by atoms with Gasteiger partial charge in [-0.3, -0.25) is 4.79 Å². The molecular formula is C15H22N2O2. The zero-order valence-corrected chi connectivity index (χ0v) is 11.5. The van der Waals surface area contributed by atoms with Crippen molar-refractivity contribution in [2.45, 2.75) is 26.0 Å². The summed E-state index contributed by atoms with van der Waals surface area (Å²) in [6.07, 6.45) is 0.627. The van der Waals surface area contributed by atoms with Gasteiger partial charge in [-0.15, -0.1) is 0 Å². The van der Waals surface area contributed by atoms with Gasteiger partial charge >= 0.3 is 0 Å². The Labute approximate surface area is 114 Å². The summed E-state index contributed by atoms with van der Waals surface area (Å²) in [5.41, 5.74) is 1.16. The van der Waals surface area contributed by atoms with Crippen LogP contribution in [0.4, 0.5) is 0 Å². The van der Waals surface area contributed by atoms with Crippen LogP contribution < -0.4 is 5.32 Å². The van der Waals surface area contributed by atoms with Crippen molar-refractivity contribution in [3.8, 4) is 0 Å². The standard InChI is InChI=1S/C15H22N2O2/c1-2-9-17(12-13-6-4-3-5-7-13)15(18)14-11-16-8-10-19-14/h3-7,14,16H,2,8-12H2,1H3. The lowest BCUT2D eigenvalue weighted by atomic mass is 10.2. The average Bonchev–Trinajstić information content (AvgIpc) is 2.48. The normalized spacial score (nSPS) is 19.1. The molecule has 1 N–H and O–H groups in total. The molecule has 1 aromatic carbocycles. The summed E-state index contributed by atoms with van der Waals surface area (Å²) < 4.78 is 5.55. The maximum Gasteiger partial charge on any atom is 0.253 e. The molecule has 1 heterocycles. The van der Waals surface area contributed by atoms with E-state index in [0.29, 0.717) is 19.7 Å². The van der Waals surface area contributed by atoms with Gasteiger partial charge in [-0.25, -0.2) is 0 Å². The third-order valence-corrected chi connectivity index (χ3v) is 3.22. The van der Waals surface area contributed by atoms with Gasteiger partial charge in [0.15, 0.2) is 0 Å². The molecule has 1 aliphatic heterocycles. The van der Waals surface area contributed by atoms with E-state index in [0.717, 1.165) is 25.1 Å². The van der Waals surface area contributed by atoms with E-state index in [2.05, 4.69) is 24.4 Å². The lowest BCUT2D eigenvalue weighted by Crippen LogP contribution is -2.49. The quantitative estimate of drug-likeness (QED) is 0.872. The maximum absolute atomic E-state index is 12.5. The van der Waals surface area contributed by atoms with Crippen LogP contribution in [-0.4, -0.2) is 43.2 Å². The predicted octanol–water partition coefficient (Wildman–Crippen LogP) is 1.41. The molecule has 0 spiro atoms. The largest absolute Gasteiger partial charge is 0.366 e. The Balaban J connectivity index is 2.00. The van der Waals surface area contributed by atoms with E-state index in [1.54, 1.807) is 0 Å². The van der Waals surface area contributed by atoms with Crippen LogP contribution in [0.1, 0.15) is 18.9 Å². The lowest BCUT2D eigenvalue weighted by molar-refractivity contribution is -0.145. The number of carbonyl (C=O) groups excluding carboxylic acids is 1. The number of ether oxygens (including phenoxy) is 1. The van der Waals surface area contributed by atoms with Crippen molar-refractivity contribution < 1.29 is 9.53 Å². The van der Waals surface area contributed by atoms with Gasteiger partial charge in [-0.2, -0.15) is 0 Å². The molecule has 1 atom stereocenters. The van der Waals surface area contributed by atoms with E-state index < -0.39 is 0 Å². The molecular weight excluding hydrogens is 240 g/mol. The molecule has 19 heavy (non-hydrogen) atoms. The predicted molar refractivity (Wildman–Crippen MR) is 74.8 cm³/mol. The van der Waals surface area contributed by atoms with Crippen LogP contribution >= 0.6 is 0 Å². The summed E-state index contributed by atoms with van der Waals surface area (Å²) >= 11 is 0. The molecule has 0 radical (unpaired) electrons. The van der Waals surface area contributed by atoms with Crippen molar-refractivity contribution in [2.75, 3.05) is 26.2 Å². The Hall–Kier alpha value is -1.39. The number of hydrogen-bond acceptors (Lipinski definition) is 3. The first-order valence-corrected chi connectivity index (χ1v) is 6.96. The number of nitrogens with zero attached hydrogens (tertiary/aromatic N) is 1. The number of carbonyl (C=O) groups is 1. The Kier molecular flexibility index (Phi) is 5.36. The summed E-state index contributed by atoms with van der Waals surface area (Å²) in [5, 5.41) is 3.20. The van der Waals surface area contributed by atoms with Crippen molar-refractivity contribution in [1.29, 1.82) is 0 Å². The van der Waals surface area contributed by atoms with E-state index >= 15 is 0 Å². The number of hydrogen-bond donors (Lipinski definition) is 1. The average molecular weight is 262 g/mol. The van der Waals surface area contributed by atoms with Crippen LogP contribution in [0.3, 0.4) is 0 Å². The van der Waals surface area contributed by atoms with Gasteiger partial charge in [0.25, 0.3) is 5.91 Å². The second-order valence-electron chi connectivity index (χ2n) is 4.81. The van der Waals surface area contributed by atoms with E-state index in [1.807, 2.05) is 23.1 Å². The number of morpholine rings is 1. The summed E-state index contributed by atoms with van der Waals surface area (Å²) in [7, 11) is 0. The fraction of sp³-hybridized carbons (Fsp3) is 0.533. The molecule has 1 saturated heterocycles. The molecule has 1 fully saturated rings. The fourth-order valence-corrected chi connectivity index (χ4v) is 2.27. The molecule has 1 aromatic rings. The van der Waals surface area contributed by atoms with Crippen LogP contribution in [0, 0.1) is 0 Å². The molecule has 0 aromatic heterocycles. The zero-order valence-electron chi connectivity index (χ0n) is 11.5. The molecule has 0 aliphatic carbocycles. The van der Waals surface area contributed by atoms with Crippen LogP contribution in [0.25, 0.3) is 0 Å². The number of benzene rings is 1. The zero-order chi connectivity index (χ0) is 13.5. The van der Waals surface area contributed by atoms with Gasteiger partial charge in [-0.1, -0.05) is 37.3 Å². The highest BCUT2D eigenvalue weighted by atomic mass is 16.5. The van der Waals surface area contributed by atoms with Gasteiger partial charge < -0.3 is 15.0 Å². The molecule has 2 rings (SSSR count). The van der Waals surface area contributed by atoms with E-state index in [9.17, 15) is 4.79 Å². The summed E-state index contributed by atoms with van der Waals surface area (Å²) in [6.45, 7) is 5.58. The van der Waals surface area contributed by atoms with Crippen LogP contribution in [0.15, 0.2) is 30.3 Å². The van der Waals surface area contributed by atoms with Gasteiger partial charge in [0.05, 0.1) is 6.61 Å². The Morgan fingerprint density at radius 1 is 1.42 bits per heavy atom. The first-order valence-electron chi connectivity index (χ1n) is 6.96. The summed E-state index contributed by atoms with van der Waals surface area (Å²) in [6, 6.07) is 10.1. The SMILES string of the molecule is CCCN(Cc1ccccc1)C(=O)C1CNCCO1. The highest BCUT2D eigenvalue weighted by molar-refractivity contribution is 5.81. The van der Waals surface area contributed by atoms with E-state index in [-0.39, 0.29) is 12.0 Å². The summed E-state index contributed by atoms with van der Waals surface area (Å²) in [5.74, 6) is 0.0953.